The van der Waals surface area contributed by atoms with Gasteiger partial charge in [-0.15, -0.1) is 0 Å². The highest BCUT2D eigenvalue weighted by atomic mass is 32.2. The first-order valence-corrected chi connectivity index (χ1v) is 12.4. The fraction of sp³-hybridized carbons (Fsp3) is 0.458. The summed E-state index contributed by atoms with van der Waals surface area (Å²) in [5.41, 5.74) is 5.36. The molecule has 2 aromatic rings. The smallest absolute Gasteiger partial charge is 0.243 e. The molecule has 6 nitrogen and oxygen atoms in total. The molecule has 1 N–H and O–H groups in total. The van der Waals surface area contributed by atoms with Crippen molar-refractivity contribution in [2.75, 3.05) is 31.5 Å². The third-order valence-electron chi connectivity index (χ3n) is 6.64. The zero-order chi connectivity index (χ0) is 22.2. The SMILES string of the molecule is Cc1cccc(C)c1NC(=O)[C@H](C)N1CCN(S(=O)(=O)c2ccc3c(c2)CCC3)CC1. The summed E-state index contributed by atoms with van der Waals surface area (Å²) >= 11 is 0. The Morgan fingerprint density at radius 1 is 0.968 bits per heavy atom. The molecule has 1 heterocycles. The number of hydrogen-bond donors (Lipinski definition) is 1. The van der Waals surface area contributed by atoms with Crippen molar-refractivity contribution >= 4 is 21.6 Å². The largest absolute Gasteiger partial charge is 0.324 e. The van der Waals surface area contributed by atoms with Crippen LogP contribution in [0.4, 0.5) is 5.69 Å². The van der Waals surface area contributed by atoms with Crippen molar-refractivity contribution < 1.29 is 13.2 Å². The standard InChI is InChI=1S/C24H31N3O3S/c1-17-6-4-7-18(2)23(17)25-24(28)19(3)26-12-14-27(15-13-26)31(29,30)22-11-10-20-8-5-9-21(20)16-22/h4,6-7,10-11,16,19H,5,8-9,12-15H2,1-3H3,(H,25,28)/t19-/m0/s1. The van der Waals surface area contributed by atoms with Crippen LogP contribution in [0.5, 0.6) is 0 Å². The molecule has 1 saturated heterocycles. The van der Waals surface area contributed by atoms with Crippen LogP contribution < -0.4 is 5.32 Å². The van der Waals surface area contributed by atoms with Crippen molar-refractivity contribution in [2.24, 2.45) is 0 Å². The van der Waals surface area contributed by atoms with Gasteiger partial charge in [0.2, 0.25) is 15.9 Å². The van der Waals surface area contributed by atoms with Gasteiger partial charge in [0.05, 0.1) is 10.9 Å². The minimum Gasteiger partial charge on any atom is -0.324 e. The number of amides is 1. The molecule has 0 unspecified atom stereocenters. The predicted octanol–water partition coefficient (Wildman–Crippen LogP) is 3.13. The lowest BCUT2D eigenvalue weighted by Gasteiger charge is -2.36. The Bertz CT molecular complexity index is 1070. The monoisotopic (exact) mass is 441 g/mol. The van der Waals surface area contributed by atoms with E-state index in [1.807, 2.05) is 51.1 Å². The van der Waals surface area contributed by atoms with Gasteiger partial charge in [-0.25, -0.2) is 8.42 Å². The third kappa shape index (κ3) is 4.40. The molecule has 7 heteroatoms. The number of rotatable bonds is 5. The molecule has 1 aliphatic heterocycles. The van der Waals surface area contributed by atoms with Gasteiger partial charge in [-0.1, -0.05) is 24.3 Å². The first-order valence-electron chi connectivity index (χ1n) is 11.0. The molecule has 1 aliphatic carbocycles. The van der Waals surface area contributed by atoms with Gasteiger partial charge in [0, 0.05) is 31.9 Å². The van der Waals surface area contributed by atoms with E-state index in [4.69, 9.17) is 0 Å². The number of benzene rings is 2. The van der Waals surface area contributed by atoms with Crippen LogP contribution in [-0.2, 0) is 27.7 Å². The zero-order valence-electron chi connectivity index (χ0n) is 18.5. The first kappa shape index (κ1) is 22.0. The number of para-hydroxylation sites is 1. The predicted molar refractivity (Wildman–Crippen MR) is 123 cm³/mol. The number of anilines is 1. The molecule has 1 fully saturated rings. The number of fused-ring (bicyclic) bond motifs is 1. The molecule has 4 rings (SSSR count). The number of piperazine rings is 1. The number of nitrogens with zero attached hydrogens (tertiary/aromatic N) is 2. The van der Waals surface area contributed by atoms with Gasteiger partial charge in [0.1, 0.15) is 0 Å². The Kier molecular flexibility index (Phi) is 6.19. The molecule has 2 aromatic carbocycles. The number of carbonyl (C=O) groups excluding carboxylic acids is 1. The van der Waals surface area contributed by atoms with Crippen molar-refractivity contribution in [3.63, 3.8) is 0 Å². The van der Waals surface area contributed by atoms with E-state index in [9.17, 15) is 13.2 Å². The zero-order valence-corrected chi connectivity index (χ0v) is 19.3. The summed E-state index contributed by atoms with van der Waals surface area (Å²) in [5.74, 6) is -0.0627. The summed E-state index contributed by atoms with van der Waals surface area (Å²) in [4.78, 5) is 15.3. The second-order valence-corrected chi connectivity index (χ2v) is 10.6. The summed E-state index contributed by atoms with van der Waals surface area (Å²) in [6.45, 7) is 7.69. The van der Waals surface area contributed by atoms with Crippen molar-refractivity contribution in [2.45, 2.75) is 51.0 Å². The quantitative estimate of drug-likeness (QED) is 0.774. The maximum Gasteiger partial charge on any atom is 0.243 e. The van der Waals surface area contributed by atoms with Crippen molar-refractivity contribution in [3.05, 3.63) is 58.7 Å². The highest BCUT2D eigenvalue weighted by Gasteiger charge is 2.32. The van der Waals surface area contributed by atoms with E-state index in [1.54, 1.807) is 10.4 Å². The normalized spacial score (nSPS) is 18.5. The van der Waals surface area contributed by atoms with Crippen LogP contribution in [0.3, 0.4) is 0 Å². The van der Waals surface area contributed by atoms with Crippen LogP contribution >= 0.6 is 0 Å². The van der Waals surface area contributed by atoms with Gasteiger partial charge >= 0.3 is 0 Å². The molecule has 0 aromatic heterocycles. The fourth-order valence-corrected chi connectivity index (χ4v) is 6.07. The minimum atomic E-state index is -3.51. The molecule has 31 heavy (non-hydrogen) atoms. The number of carbonyl (C=O) groups is 1. The molecule has 0 radical (unpaired) electrons. The van der Waals surface area contributed by atoms with Gasteiger partial charge in [-0.05, 0) is 74.4 Å². The van der Waals surface area contributed by atoms with E-state index in [-0.39, 0.29) is 11.9 Å². The Hall–Kier alpha value is -2.22. The Labute approximate surface area is 185 Å². The van der Waals surface area contributed by atoms with Gasteiger partial charge < -0.3 is 5.32 Å². The second kappa shape index (κ2) is 8.73. The fourth-order valence-electron chi connectivity index (χ4n) is 4.59. The maximum atomic E-state index is 13.1. The van der Waals surface area contributed by atoms with E-state index in [2.05, 4.69) is 10.2 Å². The molecule has 1 amide bonds. The second-order valence-electron chi connectivity index (χ2n) is 8.66. The van der Waals surface area contributed by atoms with E-state index in [0.29, 0.717) is 31.1 Å². The molecular formula is C24H31N3O3S. The number of nitrogens with one attached hydrogen (secondary N) is 1. The maximum absolute atomic E-state index is 13.1. The van der Waals surface area contributed by atoms with Gasteiger partial charge in [0.25, 0.3) is 0 Å². The van der Waals surface area contributed by atoms with Crippen molar-refractivity contribution in [1.29, 1.82) is 0 Å². The molecule has 0 saturated carbocycles. The number of hydrogen-bond acceptors (Lipinski definition) is 4. The molecule has 2 aliphatic rings. The summed E-state index contributed by atoms with van der Waals surface area (Å²) in [6.07, 6.45) is 3.09. The summed E-state index contributed by atoms with van der Waals surface area (Å²) in [5, 5.41) is 3.05. The molecule has 166 valence electrons. The van der Waals surface area contributed by atoms with Crippen LogP contribution in [-0.4, -0.2) is 55.8 Å². The minimum absolute atomic E-state index is 0.0627. The Balaban J connectivity index is 1.39. The van der Waals surface area contributed by atoms with Crippen LogP contribution in [0.2, 0.25) is 0 Å². The van der Waals surface area contributed by atoms with Crippen molar-refractivity contribution in [3.8, 4) is 0 Å². The topological polar surface area (TPSA) is 69.7 Å². The van der Waals surface area contributed by atoms with Crippen LogP contribution in [0.1, 0.15) is 35.6 Å². The number of aryl methyl sites for hydroxylation is 4. The van der Waals surface area contributed by atoms with Gasteiger partial charge in [-0.2, -0.15) is 4.31 Å². The Morgan fingerprint density at radius 2 is 1.61 bits per heavy atom. The lowest BCUT2D eigenvalue weighted by Crippen LogP contribution is -2.54. The lowest BCUT2D eigenvalue weighted by molar-refractivity contribution is -0.121. The first-order chi connectivity index (χ1) is 14.8. The van der Waals surface area contributed by atoms with E-state index >= 15 is 0 Å². The van der Waals surface area contributed by atoms with Gasteiger partial charge in [-0.3, -0.25) is 9.69 Å². The summed E-state index contributed by atoms with van der Waals surface area (Å²) in [7, 11) is -3.51. The van der Waals surface area contributed by atoms with Crippen LogP contribution in [0.25, 0.3) is 0 Å². The highest BCUT2D eigenvalue weighted by Crippen LogP contribution is 2.27. The lowest BCUT2D eigenvalue weighted by atomic mass is 10.1. The average molecular weight is 442 g/mol. The van der Waals surface area contributed by atoms with Crippen LogP contribution in [0.15, 0.2) is 41.3 Å². The van der Waals surface area contributed by atoms with E-state index < -0.39 is 10.0 Å². The molecule has 0 bridgehead atoms. The van der Waals surface area contributed by atoms with Crippen molar-refractivity contribution in [1.82, 2.24) is 9.21 Å². The highest BCUT2D eigenvalue weighted by molar-refractivity contribution is 7.89. The summed E-state index contributed by atoms with van der Waals surface area (Å²) in [6, 6.07) is 11.2. The molecular weight excluding hydrogens is 410 g/mol. The van der Waals surface area contributed by atoms with E-state index in [0.717, 1.165) is 41.6 Å². The third-order valence-corrected chi connectivity index (χ3v) is 8.53. The van der Waals surface area contributed by atoms with Crippen LogP contribution in [0, 0.1) is 13.8 Å². The molecule has 1 atom stereocenters. The summed E-state index contributed by atoms with van der Waals surface area (Å²) < 4.78 is 27.8. The molecule has 0 spiro atoms. The Morgan fingerprint density at radius 3 is 2.29 bits per heavy atom. The average Bonchev–Trinajstić information content (AvgIpc) is 3.24. The van der Waals surface area contributed by atoms with Gasteiger partial charge in [0.15, 0.2) is 0 Å². The number of sulfonamides is 1. The van der Waals surface area contributed by atoms with E-state index in [1.165, 1.54) is 5.56 Å².